The zero-order valence-electron chi connectivity index (χ0n) is 14.9. The number of aromatic nitrogens is 2. The Hall–Kier alpha value is -2.91. The van der Waals surface area contributed by atoms with Crippen LogP contribution in [0.4, 0.5) is 14.5 Å². The second kappa shape index (κ2) is 9.53. The maximum atomic E-state index is 13.1. The molecule has 0 unspecified atom stereocenters. The van der Waals surface area contributed by atoms with E-state index >= 15 is 0 Å². The standard InChI is InChI=1S/C19H15ClF2N4O2S/c20-12-2-1-3-14(8-12)26-7-6-23-19(26)29-11-18(28)24-10-17(27)25-13-4-5-15(21)16(22)9-13/h1-9H,10-11H2,(H,24,28)(H,25,27). The number of hydrogen-bond acceptors (Lipinski definition) is 4. The van der Waals surface area contributed by atoms with Gasteiger partial charge < -0.3 is 10.6 Å². The summed E-state index contributed by atoms with van der Waals surface area (Å²) in [5.74, 6) is -2.98. The van der Waals surface area contributed by atoms with Crippen LogP contribution in [0.15, 0.2) is 60.0 Å². The summed E-state index contributed by atoms with van der Waals surface area (Å²) in [5, 5.41) is 6.01. The monoisotopic (exact) mass is 436 g/mol. The first kappa shape index (κ1) is 20.8. The van der Waals surface area contributed by atoms with Crippen LogP contribution in [0.1, 0.15) is 0 Å². The molecule has 1 aromatic heterocycles. The normalized spacial score (nSPS) is 10.6. The van der Waals surface area contributed by atoms with Crippen molar-refractivity contribution in [2.45, 2.75) is 5.16 Å². The molecule has 0 fully saturated rings. The van der Waals surface area contributed by atoms with Crippen LogP contribution in [0.3, 0.4) is 0 Å². The number of imidazole rings is 1. The first-order valence-electron chi connectivity index (χ1n) is 8.36. The van der Waals surface area contributed by atoms with Gasteiger partial charge in [0.15, 0.2) is 16.8 Å². The molecule has 0 aliphatic carbocycles. The zero-order valence-corrected chi connectivity index (χ0v) is 16.4. The number of nitrogens with one attached hydrogen (secondary N) is 2. The summed E-state index contributed by atoms with van der Waals surface area (Å²) >= 11 is 7.20. The van der Waals surface area contributed by atoms with Gasteiger partial charge in [-0.2, -0.15) is 0 Å². The van der Waals surface area contributed by atoms with E-state index in [1.54, 1.807) is 29.1 Å². The second-order valence-electron chi connectivity index (χ2n) is 5.80. The van der Waals surface area contributed by atoms with E-state index in [2.05, 4.69) is 15.6 Å². The van der Waals surface area contributed by atoms with Crippen molar-refractivity contribution < 1.29 is 18.4 Å². The highest BCUT2D eigenvalue weighted by atomic mass is 35.5. The van der Waals surface area contributed by atoms with Crippen LogP contribution in [0.5, 0.6) is 0 Å². The van der Waals surface area contributed by atoms with Gasteiger partial charge in [0, 0.05) is 34.9 Å². The van der Waals surface area contributed by atoms with Gasteiger partial charge in [0.1, 0.15) is 0 Å². The Morgan fingerprint density at radius 1 is 1.10 bits per heavy atom. The van der Waals surface area contributed by atoms with E-state index in [0.717, 1.165) is 17.8 Å². The van der Waals surface area contributed by atoms with Crippen LogP contribution < -0.4 is 10.6 Å². The van der Waals surface area contributed by atoms with Gasteiger partial charge in [0.25, 0.3) is 0 Å². The Morgan fingerprint density at radius 2 is 1.93 bits per heavy atom. The van der Waals surface area contributed by atoms with Crippen molar-refractivity contribution in [1.29, 1.82) is 0 Å². The predicted molar refractivity (Wildman–Crippen MR) is 107 cm³/mol. The topological polar surface area (TPSA) is 76.0 Å². The summed E-state index contributed by atoms with van der Waals surface area (Å²) in [5.41, 5.74) is 0.907. The van der Waals surface area contributed by atoms with E-state index in [4.69, 9.17) is 11.6 Å². The summed E-state index contributed by atoms with van der Waals surface area (Å²) in [7, 11) is 0. The van der Waals surface area contributed by atoms with Crippen LogP contribution >= 0.6 is 23.4 Å². The Labute approximate surface area is 174 Å². The summed E-state index contributed by atoms with van der Waals surface area (Å²) < 4.78 is 27.8. The number of anilines is 1. The van der Waals surface area contributed by atoms with Crippen molar-refractivity contribution in [1.82, 2.24) is 14.9 Å². The fourth-order valence-electron chi connectivity index (χ4n) is 2.36. The highest BCUT2D eigenvalue weighted by molar-refractivity contribution is 7.99. The lowest BCUT2D eigenvalue weighted by Gasteiger charge is -2.09. The fourth-order valence-corrected chi connectivity index (χ4v) is 3.35. The molecule has 1 heterocycles. The molecule has 3 aromatic rings. The maximum absolute atomic E-state index is 13.1. The molecule has 2 aromatic carbocycles. The molecule has 6 nitrogen and oxygen atoms in total. The molecule has 0 aliphatic rings. The lowest BCUT2D eigenvalue weighted by molar-refractivity contribution is -0.122. The van der Waals surface area contributed by atoms with Crippen molar-refractivity contribution in [3.63, 3.8) is 0 Å². The fraction of sp³-hybridized carbons (Fsp3) is 0.105. The number of carbonyl (C=O) groups is 2. The second-order valence-corrected chi connectivity index (χ2v) is 7.18. The van der Waals surface area contributed by atoms with E-state index in [9.17, 15) is 18.4 Å². The summed E-state index contributed by atoms with van der Waals surface area (Å²) in [6, 6.07) is 10.2. The van der Waals surface area contributed by atoms with Gasteiger partial charge in [-0.25, -0.2) is 13.8 Å². The first-order valence-corrected chi connectivity index (χ1v) is 9.72. The average Bonchev–Trinajstić information content (AvgIpc) is 3.16. The van der Waals surface area contributed by atoms with Gasteiger partial charge in [0.05, 0.1) is 12.3 Å². The van der Waals surface area contributed by atoms with E-state index in [-0.39, 0.29) is 23.9 Å². The number of thioether (sulfide) groups is 1. The molecular weight excluding hydrogens is 422 g/mol. The van der Waals surface area contributed by atoms with Gasteiger partial charge in [0.2, 0.25) is 11.8 Å². The highest BCUT2D eigenvalue weighted by Crippen LogP contribution is 2.22. The van der Waals surface area contributed by atoms with Crippen LogP contribution in [0.25, 0.3) is 5.69 Å². The van der Waals surface area contributed by atoms with E-state index in [0.29, 0.717) is 10.2 Å². The number of carbonyl (C=O) groups excluding carboxylic acids is 2. The smallest absolute Gasteiger partial charge is 0.243 e. The van der Waals surface area contributed by atoms with Crippen LogP contribution in [-0.4, -0.2) is 33.7 Å². The van der Waals surface area contributed by atoms with Gasteiger partial charge >= 0.3 is 0 Å². The summed E-state index contributed by atoms with van der Waals surface area (Å²) in [6.45, 7) is -0.304. The van der Waals surface area contributed by atoms with Crippen LogP contribution in [-0.2, 0) is 9.59 Å². The molecule has 0 aliphatic heterocycles. The summed E-state index contributed by atoms with van der Waals surface area (Å²) in [6.07, 6.45) is 3.36. The van der Waals surface area contributed by atoms with Crippen molar-refractivity contribution >= 4 is 40.9 Å². The minimum absolute atomic E-state index is 0.0377. The number of nitrogens with zero attached hydrogens (tertiary/aromatic N) is 2. The third kappa shape index (κ3) is 5.78. The van der Waals surface area contributed by atoms with Crippen molar-refractivity contribution in [2.24, 2.45) is 0 Å². The van der Waals surface area contributed by atoms with E-state index < -0.39 is 17.5 Å². The lowest BCUT2D eigenvalue weighted by Crippen LogP contribution is -2.34. The Balaban J connectivity index is 1.49. The number of amides is 2. The molecule has 3 rings (SSSR count). The molecule has 29 heavy (non-hydrogen) atoms. The highest BCUT2D eigenvalue weighted by Gasteiger charge is 2.11. The predicted octanol–water partition coefficient (Wildman–Crippen LogP) is 3.65. The van der Waals surface area contributed by atoms with Gasteiger partial charge in [-0.1, -0.05) is 29.4 Å². The molecular formula is C19H15ClF2N4O2S. The van der Waals surface area contributed by atoms with Crippen molar-refractivity contribution in [3.8, 4) is 5.69 Å². The molecule has 0 spiro atoms. The summed E-state index contributed by atoms with van der Waals surface area (Å²) in [4.78, 5) is 28.1. The van der Waals surface area contributed by atoms with Gasteiger partial charge in [-0.05, 0) is 30.3 Å². The first-order chi connectivity index (χ1) is 13.9. The van der Waals surface area contributed by atoms with E-state index in [1.807, 2.05) is 12.1 Å². The number of rotatable bonds is 7. The SMILES string of the molecule is O=C(CSc1nccn1-c1cccc(Cl)c1)NCC(=O)Nc1ccc(F)c(F)c1. The minimum atomic E-state index is -1.07. The molecule has 10 heteroatoms. The lowest BCUT2D eigenvalue weighted by atomic mass is 10.3. The number of hydrogen-bond donors (Lipinski definition) is 2. The Kier molecular flexibility index (Phi) is 6.84. The number of benzene rings is 2. The van der Waals surface area contributed by atoms with Crippen LogP contribution in [0, 0.1) is 11.6 Å². The third-order valence-corrected chi connectivity index (χ3v) is 4.88. The molecule has 150 valence electrons. The maximum Gasteiger partial charge on any atom is 0.243 e. The molecule has 2 N–H and O–H groups in total. The van der Waals surface area contributed by atoms with Gasteiger partial charge in [-0.3, -0.25) is 14.2 Å². The number of halogens is 3. The molecule has 0 bridgehead atoms. The average molecular weight is 437 g/mol. The molecule has 0 atom stereocenters. The largest absolute Gasteiger partial charge is 0.346 e. The van der Waals surface area contributed by atoms with Crippen molar-refractivity contribution in [2.75, 3.05) is 17.6 Å². The quantitative estimate of drug-likeness (QED) is 0.554. The molecule has 0 saturated heterocycles. The Morgan fingerprint density at radius 3 is 2.69 bits per heavy atom. The van der Waals surface area contributed by atoms with Crippen LogP contribution in [0.2, 0.25) is 5.02 Å². The Bertz CT molecular complexity index is 1040. The third-order valence-electron chi connectivity index (χ3n) is 3.68. The minimum Gasteiger partial charge on any atom is -0.346 e. The van der Waals surface area contributed by atoms with Crippen molar-refractivity contribution in [3.05, 3.63) is 71.5 Å². The molecule has 2 amide bonds. The van der Waals surface area contributed by atoms with E-state index in [1.165, 1.54) is 17.8 Å². The molecule has 0 radical (unpaired) electrons. The molecule has 0 saturated carbocycles. The zero-order chi connectivity index (χ0) is 20.8. The van der Waals surface area contributed by atoms with Gasteiger partial charge in [-0.15, -0.1) is 0 Å².